The molecule has 1 unspecified atom stereocenters. The number of piperidine rings is 1. The van der Waals surface area contributed by atoms with Gasteiger partial charge in [0, 0.05) is 18.9 Å². The maximum Gasteiger partial charge on any atom is 0.248 e. The molecule has 0 aromatic carbocycles. The standard InChI is InChI=1S/C11H19F2N/c1-8-5-9(3-4-14(8)2)10-6-11(12,13)7-10/h8-10H,3-7H2,1-2H3/t8-,9?/m1/s1. The van der Waals surface area contributed by atoms with Crippen molar-refractivity contribution in [2.24, 2.45) is 11.8 Å². The molecular formula is C11H19F2N. The van der Waals surface area contributed by atoms with Crippen LogP contribution in [0.25, 0.3) is 0 Å². The molecule has 0 spiro atoms. The van der Waals surface area contributed by atoms with Gasteiger partial charge in [-0.25, -0.2) is 8.78 Å². The summed E-state index contributed by atoms with van der Waals surface area (Å²) in [5.74, 6) is -1.47. The van der Waals surface area contributed by atoms with Gasteiger partial charge in [0.1, 0.15) is 0 Å². The minimum Gasteiger partial charge on any atom is -0.304 e. The zero-order valence-corrected chi connectivity index (χ0v) is 8.97. The molecule has 0 aromatic rings. The molecule has 0 aromatic heterocycles. The second-order valence-electron chi connectivity index (χ2n) is 5.14. The third-order valence-corrected chi connectivity index (χ3v) is 4.04. The third-order valence-electron chi connectivity index (χ3n) is 4.04. The van der Waals surface area contributed by atoms with E-state index in [1.807, 2.05) is 0 Å². The summed E-state index contributed by atoms with van der Waals surface area (Å²) in [7, 11) is 2.12. The van der Waals surface area contributed by atoms with E-state index < -0.39 is 5.92 Å². The average Bonchev–Trinajstić information content (AvgIpc) is 2.06. The predicted octanol–water partition coefficient (Wildman–Crippen LogP) is 2.76. The minimum atomic E-state index is -2.34. The first-order chi connectivity index (χ1) is 6.48. The van der Waals surface area contributed by atoms with Crippen molar-refractivity contribution < 1.29 is 8.78 Å². The molecule has 14 heavy (non-hydrogen) atoms. The number of halogens is 2. The van der Waals surface area contributed by atoms with Gasteiger partial charge in [0.25, 0.3) is 0 Å². The molecule has 0 bridgehead atoms. The molecule has 1 aliphatic heterocycles. The molecular weight excluding hydrogens is 184 g/mol. The normalized spacial score (nSPS) is 39.4. The van der Waals surface area contributed by atoms with Crippen molar-refractivity contribution in [2.45, 2.75) is 44.6 Å². The van der Waals surface area contributed by atoms with Crippen LogP contribution in [0.15, 0.2) is 0 Å². The number of likely N-dealkylation sites (tertiary alicyclic amines) is 1. The zero-order chi connectivity index (χ0) is 10.3. The van der Waals surface area contributed by atoms with Gasteiger partial charge < -0.3 is 4.90 Å². The number of hydrogen-bond donors (Lipinski definition) is 0. The fourth-order valence-corrected chi connectivity index (χ4v) is 2.79. The summed E-state index contributed by atoms with van der Waals surface area (Å²) < 4.78 is 25.4. The molecule has 3 heteroatoms. The molecule has 2 aliphatic rings. The monoisotopic (exact) mass is 203 g/mol. The predicted molar refractivity (Wildman–Crippen MR) is 52.5 cm³/mol. The number of rotatable bonds is 1. The summed E-state index contributed by atoms with van der Waals surface area (Å²) in [4.78, 5) is 2.33. The van der Waals surface area contributed by atoms with Crippen LogP contribution in [0.3, 0.4) is 0 Å². The van der Waals surface area contributed by atoms with E-state index >= 15 is 0 Å². The van der Waals surface area contributed by atoms with E-state index in [0.717, 1.165) is 19.4 Å². The van der Waals surface area contributed by atoms with Crippen LogP contribution in [0, 0.1) is 11.8 Å². The Kier molecular flexibility index (Phi) is 2.54. The molecule has 2 fully saturated rings. The molecule has 1 saturated heterocycles. The van der Waals surface area contributed by atoms with Crippen molar-refractivity contribution in [3.8, 4) is 0 Å². The highest BCUT2D eigenvalue weighted by Gasteiger charge is 2.48. The Morgan fingerprint density at radius 3 is 2.36 bits per heavy atom. The van der Waals surface area contributed by atoms with Gasteiger partial charge in [-0.3, -0.25) is 0 Å². The average molecular weight is 203 g/mol. The van der Waals surface area contributed by atoms with Crippen LogP contribution in [0.2, 0.25) is 0 Å². The van der Waals surface area contributed by atoms with Crippen molar-refractivity contribution in [3.05, 3.63) is 0 Å². The molecule has 0 N–H and O–H groups in total. The fraction of sp³-hybridized carbons (Fsp3) is 1.00. The molecule has 0 radical (unpaired) electrons. The molecule has 1 heterocycles. The Morgan fingerprint density at radius 2 is 1.86 bits per heavy atom. The highest BCUT2D eigenvalue weighted by molar-refractivity contribution is 4.92. The van der Waals surface area contributed by atoms with Gasteiger partial charge >= 0.3 is 0 Å². The second kappa shape index (κ2) is 3.44. The minimum absolute atomic E-state index is 0.147. The molecule has 1 nitrogen and oxygen atoms in total. The Bertz CT molecular complexity index is 209. The van der Waals surface area contributed by atoms with Crippen molar-refractivity contribution in [1.82, 2.24) is 4.90 Å². The van der Waals surface area contributed by atoms with Crippen molar-refractivity contribution in [1.29, 1.82) is 0 Å². The van der Waals surface area contributed by atoms with Crippen LogP contribution in [-0.2, 0) is 0 Å². The first-order valence-electron chi connectivity index (χ1n) is 5.56. The van der Waals surface area contributed by atoms with Gasteiger partial charge in [0.15, 0.2) is 0 Å². The van der Waals surface area contributed by atoms with Crippen LogP contribution in [0.4, 0.5) is 8.78 Å². The van der Waals surface area contributed by atoms with Crippen LogP contribution >= 0.6 is 0 Å². The van der Waals surface area contributed by atoms with Crippen molar-refractivity contribution in [2.75, 3.05) is 13.6 Å². The highest BCUT2D eigenvalue weighted by atomic mass is 19.3. The van der Waals surface area contributed by atoms with Gasteiger partial charge in [0.2, 0.25) is 5.92 Å². The number of nitrogens with zero attached hydrogens (tertiary/aromatic N) is 1. The molecule has 1 aliphatic carbocycles. The lowest BCUT2D eigenvalue weighted by Gasteiger charge is -2.45. The van der Waals surface area contributed by atoms with Crippen molar-refractivity contribution in [3.63, 3.8) is 0 Å². The SMILES string of the molecule is C[C@@H]1CC(C2CC(F)(F)C2)CCN1C. The Hall–Kier alpha value is -0.180. The van der Waals surface area contributed by atoms with E-state index in [4.69, 9.17) is 0 Å². The Morgan fingerprint density at radius 1 is 1.21 bits per heavy atom. The van der Waals surface area contributed by atoms with Crippen LogP contribution in [0.5, 0.6) is 0 Å². The van der Waals surface area contributed by atoms with E-state index in [0.29, 0.717) is 17.9 Å². The van der Waals surface area contributed by atoms with Crippen LogP contribution in [0.1, 0.15) is 32.6 Å². The maximum atomic E-state index is 12.7. The first-order valence-corrected chi connectivity index (χ1v) is 5.56. The molecule has 2 atom stereocenters. The van der Waals surface area contributed by atoms with E-state index in [9.17, 15) is 8.78 Å². The summed E-state index contributed by atoms with van der Waals surface area (Å²) >= 11 is 0. The lowest BCUT2D eigenvalue weighted by atomic mass is 9.69. The summed E-state index contributed by atoms with van der Waals surface area (Å²) in [6.45, 7) is 3.27. The van der Waals surface area contributed by atoms with E-state index in [1.54, 1.807) is 0 Å². The lowest BCUT2D eigenvalue weighted by Crippen LogP contribution is -2.46. The van der Waals surface area contributed by atoms with Gasteiger partial charge in [0.05, 0.1) is 0 Å². The quantitative estimate of drug-likeness (QED) is 0.633. The second-order valence-corrected chi connectivity index (χ2v) is 5.14. The summed E-state index contributed by atoms with van der Waals surface area (Å²) in [6, 6.07) is 0.572. The molecule has 1 saturated carbocycles. The summed E-state index contributed by atoms with van der Waals surface area (Å²) in [6.07, 6.45) is 2.51. The smallest absolute Gasteiger partial charge is 0.248 e. The van der Waals surface area contributed by atoms with E-state index in [-0.39, 0.29) is 12.8 Å². The fourth-order valence-electron chi connectivity index (χ4n) is 2.79. The van der Waals surface area contributed by atoms with Gasteiger partial charge in [-0.2, -0.15) is 0 Å². The topological polar surface area (TPSA) is 3.24 Å². The Labute approximate surface area is 84.5 Å². The molecule has 2 rings (SSSR count). The van der Waals surface area contributed by atoms with Crippen LogP contribution < -0.4 is 0 Å². The Balaban J connectivity index is 1.83. The van der Waals surface area contributed by atoms with Gasteiger partial charge in [-0.05, 0) is 45.2 Å². The first kappa shape index (κ1) is 10.3. The van der Waals surface area contributed by atoms with E-state index in [1.165, 1.54) is 0 Å². The summed E-state index contributed by atoms with van der Waals surface area (Å²) in [5, 5.41) is 0. The molecule has 0 amide bonds. The third kappa shape index (κ3) is 1.92. The van der Waals surface area contributed by atoms with Crippen LogP contribution in [-0.4, -0.2) is 30.5 Å². The number of hydrogen-bond acceptors (Lipinski definition) is 1. The van der Waals surface area contributed by atoms with Crippen molar-refractivity contribution >= 4 is 0 Å². The zero-order valence-electron chi connectivity index (χ0n) is 8.97. The largest absolute Gasteiger partial charge is 0.304 e. The summed E-state index contributed by atoms with van der Waals surface area (Å²) in [5.41, 5.74) is 0. The van der Waals surface area contributed by atoms with Gasteiger partial charge in [-0.1, -0.05) is 0 Å². The number of alkyl halides is 2. The van der Waals surface area contributed by atoms with Gasteiger partial charge in [-0.15, -0.1) is 0 Å². The maximum absolute atomic E-state index is 12.7. The highest BCUT2D eigenvalue weighted by Crippen LogP contribution is 2.49. The molecule has 82 valence electrons. The van der Waals surface area contributed by atoms with E-state index in [2.05, 4.69) is 18.9 Å². The lowest BCUT2D eigenvalue weighted by molar-refractivity contribution is -0.132.